The number of hydrogen-bond acceptors (Lipinski definition) is 2. The minimum Gasteiger partial charge on any atom is -0.343 e. The summed E-state index contributed by atoms with van der Waals surface area (Å²) in [5, 5.41) is 1.84. The number of alkyl halides is 3. The predicted molar refractivity (Wildman–Crippen MR) is 59.3 cm³/mol. The van der Waals surface area contributed by atoms with Gasteiger partial charge in [-0.05, 0) is 37.3 Å². The largest absolute Gasteiger partial charge is 0.405 e. The van der Waals surface area contributed by atoms with Crippen LogP contribution < -0.4 is 5.32 Å². The molecule has 1 N–H and O–H groups in total. The first-order valence-electron chi connectivity index (χ1n) is 5.78. The van der Waals surface area contributed by atoms with Gasteiger partial charge in [0.05, 0.1) is 5.56 Å². The molecule has 0 unspecified atom stereocenters. The van der Waals surface area contributed by atoms with Crippen molar-refractivity contribution in [2.45, 2.75) is 31.9 Å². The lowest BCUT2D eigenvalue weighted by Crippen LogP contribution is -2.33. The molecule has 0 aliphatic heterocycles. The average molecular weight is 258 g/mol. The molecule has 6 heteroatoms. The summed E-state index contributed by atoms with van der Waals surface area (Å²) in [4.78, 5) is 15.7. The summed E-state index contributed by atoms with van der Waals surface area (Å²) in [6.45, 7) is -1.32. The molecule has 18 heavy (non-hydrogen) atoms. The van der Waals surface area contributed by atoms with E-state index in [-0.39, 0.29) is 5.56 Å². The van der Waals surface area contributed by atoms with Gasteiger partial charge in [0.15, 0.2) is 0 Å². The second-order valence-electron chi connectivity index (χ2n) is 4.33. The summed E-state index contributed by atoms with van der Waals surface area (Å²) in [5.41, 5.74) is 2.12. The van der Waals surface area contributed by atoms with Crippen molar-refractivity contribution in [1.29, 1.82) is 0 Å². The SMILES string of the molecule is O=C(NCC(F)(F)F)c1cnc2c(c1)CCCC2. The van der Waals surface area contributed by atoms with E-state index in [1.54, 1.807) is 6.07 Å². The summed E-state index contributed by atoms with van der Waals surface area (Å²) < 4.78 is 35.9. The number of halogens is 3. The van der Waals surface area contributed by atoms with Crippen LogP contribution in [0.4, 0.5) is 13.2 Å². The zero-order valence-corrected chi connectivity index (χ0v) is 9.68. The third-order valence-corrected chi connectivity index (χ3v) is 2.88. The van der Waals surface area contributed by atoms with Crippen LogP contribution in [0.1, 0.15) is 34.5 Å². The van der Waals surface area contributed by atoms with Gasteiger partial charge in [-0.15, -0.1) is 0 Å². The molecule has 2 rings (SSSR count). The molecule has 1 amide bonds. The summed E-state index contributed by atoms with van der Waals surface area (Å²) >= 11 is 0. The third kappa shape index (κ3) is 3.21. The van der Waals surface area contributed by atoms with Crippen LogP contribution in [-0.2, 0) is 12.8 Å². The Morgan fingerprint density at radius 3 is 2.78 bits per heavy atom. The lowest BCUT2D eigenvalue weighted by molar-refractivity contribution is -0.123. The fourth-order valence-corrected chi connectivity index (χ4v) is 1.99. The first-order valence-corrected chi connectivity index (χ1v) is 5.78. The molecule has 1 aromatic heterocycles. The highest BCUT2D eigenvalue weighted by Gasteiger charge is 2.28. The summed E-state index contributed by atoms with van der Waals surface area (Å²) in [7, 11) is 0. The highest BCUT2D eigenvalue weighted by molar-refractivity contribution is 5.94. The first-order chi connectivity index (χ1) is 8.46. The fourth-order valence-electron chi connectivity index (χ4n) is 1.99. The van der Waals surface area contributed by atoms with E-state index in [1.807, 2.05) is 5.32 Å². The standard InChI is InChI=1S/C12H13F3N2O/c13-12(14,15)7-17-11(18)9-5-8-3-1-2-4-10(8)16-6-9/h5-6H,1-4,7H2,(H,17,18). The molecule has 0 fully saturated rings. The maximum atomic E-state index is 12.0. The number of nitrogens with zero attached hydrogens (tertiary/aromatic N) is 1. The number of hydrogen-bond donors (Lipinski definition) is 1. The molecular formula is C12H13F3N2O. The molecule has 98 valence electrons. The van der Waals surface area contributed by atoms with Crippen molar-refractivity contribution in [2.75, 3.05) is 6.54 Å². The van der Waals surface area contributed by atoms with Gasteiger partial charge in [-0.3, -0.25) is 9.78 Å². The van der Waals surface area contributed by atoms with Gasteiger partial charge in [0.2, 0.25) is 0 Å². The van der Waals surface area contributed by atoms with Gasteiger partial charge in [0.25, 0.3) is 5.91 Å². The minimum absolute atomic E-state index is 0.194. The lowest BCUT2D eigenvalue weighted by Gasteiger charge is -2.15. The van der Waals surface area contributed by atoms with Crippen molar-refractivity contribution in [3.63, 3.8) is 0 Å². The number of pyridine rings is 1. The van der Waals surface area contributed by atoms with Crippen molar-refractivity contribution in [1.82, 2.24) is 10.3 Å². The van der Waals surface area contributed by atoms with Crippen molar-refractivity contribution < 1.29 is 18.0 Å². The highest BCUT2D eigenvalue weighted by Crippen LogP contribution is 2.20. The van der Waals surface area contributed by atoms with E-state index in [9.17, 15) is 18.0 Å². The van der Waals surface area contributed by atoms with Crippen LogP contribution in [0.25, 0.3) is 0 Å². The predicted octanol–water partition coefficient (Wildman–Crippen LogP) is 2.25. The van der Waals surface area contributed by atoms with Gasteiger partial charge in [-0.1, -0.05) is 0 Å². The summed E-state index contributed by atoms with van der Waals surface area (Å²) in [6, 6.07) is 1.65. The average Bonchev–Trinajstić information content (AvgIpc) is 2.34. The van der Waals surface area contributed by atoms with Gasteiger partial charge >= 0.3 is 6.18 Å². The number of carbonyl (C=O) groups is 1. The molecule has 0 saturated carbocycles. The van der Waals surface area contributed by atoms with Crippen LogP contribution in [0.15, 0.2) is 12.3 Å². The second kappa shape index (κ2) is 4.96. The monoisotopic (exact) mass is 258 g/mol. The zero-order chi connectivity index (χ0) is 13.2. The van der Waals surface area contributed by atoms with Gasteiger partial charge in [-0.25, -0.2) is 0 Å². The molecule has 3 nitrogen and oxygen atoms in total. The number of rotatable bonds is 2. The molecular weight excluding hydrogens is 245 g/mol. The summed E-state index contributed by atoms with van der Waals surface area (Å²) in [5.74, 6) is -0.729. The van der Waals surface area contributed by atoms with Gasteiger partial charge in [-0.2, -0.15) is 13.2 Å². The van der Waals surface area contributed by atoms with Crippen LogP contribution in [0.3, 0.4) is 0 Å². The molecule has 0 aromatic carbocycles. The Kier molecular flexibility index (Phi) is 3.54. The van der Waals surface area contributed by atoms with Gasteiger partial charge in [0.1, 0.15) is 6.54 Å². The van der Waals surface area contributed by atoms with Crippen LogP contribution in [0.5, 0.6) is 0 Å². The molecule has 0 atom stereocenters. The number of carbonyl (C=O) groups excluding carboxylic acids is 1. The smallest absolute Gasteiger partial charge is 0.343 e. The van der Waals surface area contributed by atoms with E-state index in [4.69, 9.17) is 0 Å². The van der Waals surface area contributed by atoms with E-state index in [0.717, 1.165) is 36.9 Å². The Morgan fingerprint density at radius 2 is 2.06 bits per heavy atom. The topological polar surface area (TPSA) is 42.0 Å². The van der Waals surface area contributed by atoms with E-state index in [0.29, 0.717) is 0 Å². The Morgan fingerprint density at radius 1 is 1.33 bits per heavy atom. The number of amides is 1. The lowest BCUT2D eigenvalue weighted by atomic mass is 9.95. The van der Waals surface area contributed by atoms with E-state index in [2.05, 4.69) is 4.98 Å². The second-order valence-corrected chi connectivity index (χ2v) is 4.33. The maximum Gasteiger partial charge on any atom is 0.405 e. The van der Waals surface area contributed by atoms with Crippen molar-refractivity contribution in [3.05, 3.63) is 29.1 Å². The van der Waals surface area contributed by atoms with E-state index < -0.39 is 18.6 Å². The highest BCUT2D eigenvalue weighted by atomic mass is 19.4. The Bertz CT molecular complexity index is 457. The fraction of sp³-hybridized carbons (Fsp3) is 0.500. The number of fused-ring (bicyclic) bond motifs is 1. The Labute approximate surface area is 102 Å². The van der Waals surface area contributed by atoms with E-state index >= 15 is 0 Å². The number of aromatic nitrogens is 1. The molecule has 0 bridgehead atoms. The van der Waals surface area contributed by atoms with Crippen LogP contribution in [0.2, 0.25) is 0 Å². The summed E-state index contributed by atoms with van der Waals surface area (Å²) in [6.07, 6.45) is 0.761. The molecule has 0 spiro atoms. The molecule has 1 aliphatic rings. The number of aryl methyl sites for hydroxylation is 2. The molecule has 1 aromatic rings. The third-order valence-electron chi connectivity index (χ3n) is 2.88. The van der Waals surface area contributed by atoms with Crippen LogP contribution in [-0.4, -0.2) is 23.6 Å². The van der Waals surface area contributed by atoms with Crippen LogP contribution in [0, 0.1) is 0 Å². The van der Waals surface area contributed by atoms with Crippen molar-refractivity contribution >= 4 is 5.91 Å². The van der Waals surface area contributed by atoms with E-state index in [1.165, 1.54) is 6.20 Å². The molecule has 0 saturated heterocycles. The van der Waals surface area contributed by atoms with Crippen LogP contribution >= 0.6 is 0 Å². The zero-order valence-electron chi connectivity index (χ0n) is 9.68. The quantitative estimate of drug-likeness (QED) is 0.884. The molecule has 1 heterocycles. The minimum atomic E-state index is -4.39. The first kappa shape index (κ1) is 12.9. The maximum absolute atomic E-state index is 12.0. The normalized spacial score (nSPS) is 15.1. The van der Waals surface area contributed by atoms with Crippen molar-refractivity contribution in [2.24, 2.45) is 0 Å². The number of nitrogens with one attached hydrogen (secondary N) is 1. The van der Waals surface area contributed by atoms with Gasteiger partial charge < -0.3 is 5.32 Å². The molecule has 1 aliphatic carbocycles. The molecule has 0 radical (unpaired) electrons. The Balaban J connectivity index is 2.07. The van der Waals surface area contributed by atoms with Gasteiger partial charge in [0, 0.05) is 11.9 Å². The Hall–Kier alpha value is -1.59. The van der Waals surface area contributed by atoms with Crippen molar-refractivity contribution in [3.8, 4) is 0 Å².